The van der Waals surface area contributed by atoms with Gasteiger partial charge in [-0.2, -0.15) is 5.10 Å². The summed E-state index contributed by atoms with van der Waals surface area (Å²) in [6.45, 7) is 1.93. The predicted molar refractivity (Wildman–Crippen MR) is 74.6 cm³/mol. The number of ether oxygens (including phenoxy) is 2. The van der Waals surface area contributed by atoms with Gasteiger partial charge in [-0.05, 0) is 19.1 Å². The van der Waals surface area contributed by atoms with Crippen molar-refractivity contribution in [3.63, 3.8) is 0 Å². The van der Waals surface area contributed by atoms with Gasteiger partial charge in [-0.1, -0.05) is 0 Å². The van der Waals surface area contributed by atoms with Crippen molar-refractivity contribution < 1.29 is 18.7 Å². The molecule has 0 saturated carbocycles. The molecule has 1 N–H and O–H groups in total. The lowest BCUT2D eigenvalue weighted by molar-refractivity contribution is 0.0522. The third-order valence-corrected chi connectivity index (χ3v) is 3.10. The molecule has 1 aromatic carbocycles. The Hall–Kier alpha value is -2.83. The van der Waals surface area contributed by atoms with Gasteiger partial charge in [-0.15, -0.1) is 0 Å². The third-order valence-electron chi connectivity index (χ3n) is 3.10. The monoisotopic (exact) mass is 288 g/mol. The highest BCUT2D eigenvalue weighted by molar-refractivity contribution is 6.13. The van der Waals surface area contributed by atoms with Gasteiger partial charge in [-0.3, -0.25) is 5.10 Å². The van der Waals surface area contributed by atoms with Crippen LogP contribution in [0.3, 0.4) is 0 Å². The molecule has 0 fully saturated rings. The standard InChI is InChI=1S/C14H12N2O5/c1-3-20-13(17)11-10-8-5-4-7(19-2)6-9(8)21-14(18)12(10)16-15-11/h4-6H,3H2,1-2H3,(H,15,16). The summed E-state index contributed by atoms with van der Waals surface area (Å²) >= 11 is 0. The molecule has 0 bridgehead atoms. The fourth-order valence-corrected chi connectivity index (χ4v) is 2.17. The van der Waals surface area contributed by atoms with Crippen LogP contribution in [0.5, 0.6) is 5.75 Å². The van der Waals surface area contributed by atoms with Crippen LogP contribution in [0.2, 0.25) is 0 Å². The summed E-state index contributed by atoms with van der Waals surface area (Å²) in [6, 6.07) is 5.00. The lowest BCUT2D eigenvalue weighted by Crippen LogP contribution is -2.06. The van der Waals surface area contributed by atoms with Gasteiger partial charge in [-0.25, -0.2) is 9.59 Å². The van der Waals surface area contributed by atoms with Gasteiger partial charge in [0.25, 0.3) is 0 Å². The van der Waals surface area contributed by atoms with E-state index < -0.39 is 11.6 Å². The van der Waals surface area contributed by atoms with E-state index in [2.05, 4.69) is 10.2 Å². The van der Waals surface area contributed by atoms with Crippen LogP contribution in [-0.2, 0) is 4.74 Å². The first kappa shape index (κ1) is 13.2. The number of methoxy groups -OCH3 is 1. The average Bonchev–Trinajstić information content (AvgIpc) is 2.92. The van der Waals surface area contributed by atoms with Crippen molar-refractivity contribution in [2.75, 3.05) is 13.7 Å². The Kier molecular flexibility index (Phi) is 3.09. The Morgan fingerprint density at radius 1 is 1.43 bits per heavy atom. The van der Waals surface area contributed by atoms with Crippen LogP contribution in [0, 0.1) is 0 Å². The summed E-state index contributed by atoms with van der Waals surface area (Å²) in [6.07, 6.45) is 0. The van der Waals surface area contributed by atoms with Crippen LogP contribution < -0.4 is 10.4 Å². The molecule has 3 rings (SSSR count). The number of aromatic amines is 1. The number of nitrogens with one attached hydrogen (secondary N) is 1. The minimum atomic E-state index is -0.627. The highest BCUT2D eigenvalue weighted by atomic mass is 16.5. The van der Waals surface area contributed by atoms with Crippen molar-refractivity contribution in [2.24, 2.45) is 0 Å². The highest BCUT2D eigenvalue weighted by Gasteiger charge is 2.20. The van der Waals surface area contributed by atoms with E-state index in [0.717, 1.165) is 0 Å². The van der Waals surface area contributed by atoms with Gasteiger partial charge in [0.1, 0.15) is 11.3 Å². The van der Waals surface area contributed by atoms with Gasteiger partial charge in [0.15, 0.2) is 11.2 Å². The molecule has 0 atom stereocenters. The number of esters is 1. The van der Waals surface area contributed by atoms with E-state index in [1.54, 1.807) is 25.1 Å². The molecule has 21 heavy (non-hydrogen) atoms. The van der Waals surface area contributed by atoms with Crippen molar-refractivity contribution >= 4 is 27.8 Å². The predicted octanol–water partition coefficient (Wildman–Crippen LogP) is 1.85. The number of rotatable bonds is 3. The SMILES string of the molecule is CCOC(=O)c1[nH]nc2c(=O)oc3cc(OC)ccc3c12. The maximum atomic E-state index is 11.9. The molecule has 108 valence electrons. The maximum absolute atomic E-state index is 11.9. The fourth-order valence-electron chi connectivity index (χ4n) is 2.17. The zero-order valence-electron chi connectivity index (χ0n) is 11.4. The molecule has 0 unspecified atom stereocenters. The second kappa shape index (κ2) is 4.93. The first-order valence-electron chi connectivity index (χ1n) is 6.31. The second-order valence-electron chi connectivity index (χ2n) is 4.29. The number of benzene rings is 1. The van der Waals surface area contributed by atoms with E-state index >= 15 is 0 Å². The van der Waals surface area contributed by atoms with E-state index in [9.17, 15) is 9.59 Å². The number of carbonyl (C=O) groups is 1. The molecule has 3 aromatic rings. The Morgan fingerprint density at radius 3 is 2.95 bits per heavy atom. The lowest BCUT2D eigenvalue weighted by Gasteiger charge is -2.03. The van der Waals surface area contributed by atoms with E-state index in [4.69, 9.17) is 13.9 Å². The molecule has 0 aliphatic heterocycles. The first-order valence-corrected chi connectivity index (χ1v) is 6.31. The smallest absolute Gasteiger partial charge is 0.364 e. The topological polar surface area (TPSA) is 94.4 Å². The molecule has 0 radical (unpaired) electrons. The summed E-state index contributed by atoms with van der Waals surface area (Å²) in [4.78, 5) is 23.9. The maximum Gasteiger partial charge on any atom is 0.364 e. The zero-order chi connectivity index (χ0) is 15.0. The van der Waals surface area contributed by atoms with Crippen LogP contribution in [0.25, 0.3) is 21.9 Å². The largest absolute Gasteiger partial charge is 0.497 e. The summed E-state index contributed by atoms with van der Waals surface area (Å²) in [5.41, 5.74) is -0.109. The molecule has 2 aromatic heterocycles. The van der Waals surface area contributed by atoms with Gasteiger partial charge >= 0.3 is 11.6 Å². The molecule has 0 aliphatic rings. The molecule has 0 saturated heterocycles. The summed E-state index contributed by atoms with van der Waals surface area (Å²) in [5.74, 6) is -0.0195. The minimum absolute atomic E-state index is 0.0655. The average molecular weight is 288 g/mol. The Labute approximate surface area is 118 Å². The van der Waals surface area contributed by atoms with Gasteiger partial charge < -0.3 is 13.9 Å². The van der Waals surface area contributed by atoms with E-state index in [1.807, 2.05) is 0 Å². The lowest BCUT2D eigenvalue weighted by atomic mass is 10.1. The number of H-pyrrole nitrogens is 1. The second-order valence-corrected chi connectivity index (χ2v) is 4.29. The third kappa shape index (κ3) is 2.03. The minimum Gasteiger partial charge on any atom is -0.497 e. The number of carbonyl (C=O) groups excluding carboxylic acids is 1. The summed E-state index contributed by atoms with van der Waals surface area (Å²) < 4.78 is 15.3. The normalized spacial score (nSPS) is 11.0. The number of hydrogen-bond donors (Lipinski definition) is 1. The van der Waals surface area contributed by atoms with Crippen LogP contribution in [0.1, 0.15) is 17.4 Å². The van der Waals surface area contributed by atoms with E-state index in [0.29, 0.717) is 22.1 Å². The molecule has 0 spiro atoms. The molecule has 2 heterocycles. The summed E-state index contributed by atoms with van der Waals surface area (Å²) in [7, 11) is 1.51. The van der Waals surface area contributed by atoms with Crippen molar-refractivity contribution in [3.8, 4) is 5.75 Å². The molecular weight excluding hydrogens is 276 g/mol. The Morgan fingerprint density at radius 2 is 2.24 bits per heavy atom. The summed E-state index contributed by atoms with van der Waals surface area (Å²) in [5, 5.41) is 7.37. The van der Waals surface area contributed by atoms with Gasteiger partial charge in [0.2, 0.25) is 0 Å². The van der Waals surface area contributed by atoms with Crippen molar-refractivity contribution in [1.29, 1.82) is 0 Å². The molecule has 0 amide bonds. The number of nitrogens with zero attached hydrogens (tertiary/aromatic N) is 1. The quantitative estimate of drug-likeness (QED) is 0.584. The van der Waals surface area contributed by atoms with Gasteiger partial charge in [0.05, 0.1) is 19.1 Å². The molecular formula is C14H12N2O5. The van der Waals surface area contributed by atoms with Crippen molar-refractivity contribution in [3.05, 3.63) is 34.3 Å². The Bertz CT molecular complexity index is 893. The fraction of sp³-hybridized carbons (Fsp3) is 0.214. The number of hydrogen-bond acceptors (Lipinski definition) is 6. The number of fused-ring (bicyclic) bond motifs is 3. The highest BCUT2D eigenvalue weighted by Crippen LogP contribution is 2.27. The van der Waals surface area contributed by atoms with Crippen LogP contribution >= 0.6 is 0 Å². The van der Waals surface area contributed by atoms with E-state index in [-0.39, 0.29) is 17.8 Å². The first-order chi connectivity index (χ1) is 10.2. The van der Waals surface area contributed by atoms with Crippen LogP contribution in [-0.4, -0.2) is 29.9 Å². The molecule has 7 nitrogen and oxygen atoms in total. The number of aromatic nitrogens is 2. The molecule has 0 aliphatic carbocycles. The van der Waals surface area contributed by atoms with E-state index in [1.165, 1.54) is 7.11 Å². The van der Waals surface area contributed by atoms with Crippen LogP contribution in [0.15, 0.2) is 27.4 Å². The molecule has 7 heteroatoms. The Balaban J connectivity index is 2.38. The van der Waals surface area contributed by atoms with Crippen LogP contribution in [0.4, 0.5) is 0 Å². The van der Waals surface area contributed by atoms with Gasteiger partial charge in [0, 0.05) is 11.5 Å². The zero-order valence-corrected chi connectivity index (χ0v) is 11.4. The van der Waals surface area contributed by atoms with Crippen molar-refractivity contribution in [1.82, 2.24) is 10.2 Å². The van der Waals surface area contributed by atoms with Crippen molar-refractivity contribution in [2.45, 2.75) is 6.92 Å².